The summed E-state index contributed by atoms with van der Waals surface area (Å²) in [7, 11) is 1.65. The van der Waals surface area contributed by atoms with Crippen molar-refractivity contribution in [2.45, 2.75) is 63.5 Å². The van der Waals surface area contributed by atoms with Crippen LogP contribution in [0.15, 0.2) is 78.9 Å². The Morgan fingerprint density at radius 1 is 0.950 bits per heavy atom. The SMILES string of the molecule is CCN(CCCNC(=O)C1c2ccccc2C(=O)N(C2CCCCC2)C1c1ccc(OC)cc1)c1ccccc1. The first-order valence-corrected chi connectivity index (χ1v) is 14.8. The van der Waals surface area contributed by atoms with Crippen molar-refractivity contribution in [1.82, 2.24) is 10.2 Å². The zero-order valence-electron chi connectivity index (χ0n) is 23.7. The average molecular weight is 540 g/mol. The van der Waals surface area contributed by atoms with Crippen molar-refractivity contribution in [1.29, 1.82) is 0 Å². The van der Waals surface area contributed by atoms with Crippen LogP contribution < -0.4 is 15.0 Å². The van der Waals surface area contributed by atoms with E-state index in [1.165, 1.54) is 12.1 Å². The Bertz CT molecular complexity index is 1270. The van der Waals surface area contributed by atoms with E-state index in [-0.39, 0.29) is 23.9 Å². The number of para-hydroxylation sites is 1. The van der Waals surface area contributed by atoms with Gasteiger partial charge in [0.25, 0.3) is 5.91 Å². The van der Waals surface area contributed by atoms with Gasteiger partial charge < -0.3 is 19.9 Å². The van der Waals surface area contributed by atoms with Gasteiger partial charge in [-0.1, -0.05) is 67.8 Å². The molecule has 210 valence electrons. The number of anilines is 1. The number of ether oxygens (including phenoxy) is 1. The van der Waals surface area contributed by atoms with Gasteiger partial charge in [0.2, 0.25) is 5.91 Å². The molecule has 2 unspecified atom stereocenters. The van der Waals surface area contributed by atoms with E-state index in [1.54, 1.807) is 7.11 Å². The van der Waals surface area contributed by atoms with Crippen LogP contribution in [-0.2, 0) is 4.79 Å². The summed E-state index contributed by atoms with van der Waals surface area (Å²) in [6, 6.07) is 25.7. The largest absolute Gasteiger partial charge is 0.497 e. The van der Waals surface area contributed by atoms with Crippen LogP contribution in [0.25, 0.3) is 0 Å². The average Bonchev–Trinajstić information content (AvgIpc) is 3.02. The second-order valence-electron chi connectivity index (χ2n) is 10.8. The van der Waals surface area contributed by atoms with E-state index < -0.39 is 5.92 Å². The zero-order valence-corrected chi connectivity index (χ0v) is 23.7. The third-order valence-corrected chi connectivity index (χ3v) is 8.49. The fourth-order valence-electron chi connectivity index (χ4n) is 6.45. The summed E-state index contributed by atoms with van der Waals surface area (Å²) in [6.07, 6.45) is 6.20. The summed E-state index contributed by atoms with van der Waals surface area (Å²) >= 11 is 0. The molecule has 6 nitrogen and oxygen atoms in total. The molecule has 6 heteroatoms. The van der Waals surface area contributed by atoms with Crippen LogP contribution in [0.4, 0.5) is 5.69 Å². The van der Waals surface area contributed by atoms with E-state index in [0.717, 1.165) is 62.1 Å². The lowest BCUT2D eigenvalue weighted by molar-refractivity contribution is -0.124. The summed E-state index contributed by atoms with van der Waals surface area (Å²) in [4.78, 5) is 32.5. The number of methoxy groups -OCH3 is 1. The number of benzene rings is 3. The first-order chi connectivity index (χ1) is 19.6. The van der Waals surface area contributed by atoms with Gasteiger partial charge in [0, 0.05) is 36.9 Å². The normalized spacial score (nSPS) is 19.1. The highest BCUT2D eigenvalue weighted by Crippen LogP contribution is 2.46. The van der Waals surface area contributed by atoms with Crippen LogP contribution in [0.3, 0.4) is 0 Å². The third-order valence-electron chi connectivity index (χ3n) is 8.49. The van der Waals surface area contributed by atoms with Crippen molar-refractivity contribution in [2.24, 2.45) is 0 Å². The van der Waals surface area contributed by atoms with Crippen molar-refractivity contribution in [3.05, 3.63) is 95.6 Å². The predicted octanol–water partition coefficient (Wildman–Crippen LogP) is 6.34. The lowest BCUT2D eigenvalue weighted by Gasteiger charge is -2.46. The minimum Gasteiger partial charge on any atom is -0.497 e. The number of nitrogens with one attached hydrogen (secondary N) is 1. The molecule has 1 fully saturated rings. The van der Waals surface area contributed by atoms with Crippen LogP contribution in [0.1, 0.15) is 78.9 Å². The minimum atomic E-state index is -0.486. The van der Waals surface area contributed by atoms with E-state index in [9.17, 15) is 9.59 Å². The second kappa shape index (κ2) is 13.0. The van der Waals surface area contributed by atoms with Crippen molar-refractivity contribution in [3.63, 3.8) is 0 Å². The standard InChI is InChI=1S/C34H41N3O3/c1-3-36(26-13-6-4-7-14-26)24-12-23-35-33(38)31-29-17-10-11-18-30(29)34(39)37(27-15-8-5-9-16-27)32(31)25-19-21-28(40-2)22-20-25/h4,6-7,10-11,13-14,17-22,27,31-32H,3,5,8-9,12,15-16,23-24H2,1-2H3,(H,35,38). The van der Waals surface area contributed by atoms with E-state index in [2.05, 4.69) is 41.4 Å². The molecule has 0 bridgehead atoms. The Balaban J connectivity index is 1.42. The fraction of sp³-hybridized carbons (Fsp3) is 0.412. The molecule has 1 heterocycles. The number of hydrogen-bond donors (Lipinski definition) is 1. The van der Waals surface area contributed by atoms with Gasteiger partial charge >= 0.3 is 0 Å². The predicted molar refractivity (Wildman–Crippen MR) is 160 cm³/mol. The molecule has 1 aliphatic heterocycles. The highest BCUT2D eigenvalue weighted by molar-refractivity contribution is 6.01. The number of hydrogen-bond acceptors (Lipinski definition) is 4. The summed E-state index contributed by atoms with van der Waals surface area (Å²) in [6.45, 7) is 4.50. The van der Waals surface area contributed by atoms with E-state index in [1.807, 2.05) is 59.5 Å². The Morgan fingerprint density at radius 2 is 1.65 bits per heavy atom. The van der Waals surface area contributed by atoms with E-state index >= 15 is 0 Å². The minimum absolute atomic E-state index is 0.0238. The van der Waals surface area contributed by atoms with Gasteiger partial charge in [-0.25, -0.2) is 0 Å². The molecule has 3 aromatic carbocycles. The summed E-state index contributed by atoms with van der Waals surface area (Å²) < 4.78 is 5.41. The molecule has 1 aliphatic carbocycles. The smallest absolute Gasteiger partial charge is 0.254 e. The summed E-state index contributed by atoms with van der Waals surface area (Å²) in [5, 5.41) is 3.26. The summed E-state index contributed by atoms with van der Waals surface area (Å²) in [5.74, 6) is 0.286. The van der Waals surface area contributed by atoms with E-state index in [0.29, 0.717) is 12.1 Å². The Morgan fingerprint density at radius 3 is 2.35 bits per heavy atom. The lowest BCUT2D eigenvalue weighted by Crippen LogP contribution is -2.52. The van der Waals surface area contributed by atoms with Crippen molar-refractivity contribution in [3.8, 4) is 5.75 Å². The number of rotatable bonds is 10. The van der Waals surface area contributed by atoms with Crippen LogP contribution in [0, 0.1) is 0 Å². The van der Waals surface area contributed by atoms with Crippen LogP contribution in [-0.4, -0.2) is 49.5 Å². The molecule has 0 saturated heterocycles. The number of nitrogens with zero attached hydrogens (tertiary/aromatic N) is 2. The van der Waals surface area contributed by atoms with Gasteiger partial charge in [0.15, 0.2) is 0 Å². The highest BCUT2D eigenvalue weighted by Gasteiger charge is 2.46. The molecule has 2 amide bonds. The molecular formula is C34H41N3O3. The molecule has 5 rings (SSSR count). The molecule has 1 N–H and O–H groups in total. The van der Waals surface area contributed by atoms with Gasteiger partial charge in [-0.2, -0.15) is 0 Å². The maximum absolute atomic E-state index is 14.1. The molecule has 0 aromatic heterocycles. The highest BCUT2D eigenvalue weighted by atomic mass is 16.5. The van der Waals surface area contributed by atoms with Gasteiger partial charge in [0.05, 0.1) is 19.1 Å². The zero-order chi connectivity index (χ0) is 27.9. The Hall–Kier alpha value is -3.80. The van der Waals surface area contributed by atoms with E-state index in [4.69, 9.17) is 4.74 Å². The Kier molecular flexibility index (Phi) is 9.04. The molecule has 40 heavy (non-hydrogen) atoms. The lowest BCUT2D eigenvalue weighted by atomic mass is 9.77. The first-order valence-electron chi connectivity index (χ1n) is 14.8. The number of amides is 2. The molecule has 2 atom stereocenters. The van der Waals surface area contributed by atoms with Gasteiger partial charge in [0.1, 0.15) is 5.75 Å². The van der Waals surface area contributed by atoms with Crippen molar-refractivity contribution < 1.29 is 14.3 Å². The van der Waals surface area contributed by atoms with Crippen LogP contribution in [0.2, 0.25) is 0 Å². The topological polar surface area (TPSA) is 61.9 Å². The van der Waals surface area contributed by atoms with Crippen molar-refractivity contribution in [2.75, 3.05) is 31.6 Å². The fourth-order valence-corrected chi connectivity index (χ4v) is 6.45. The van der Waals surface area contributed by atoms with Gasteiger partial charge in [-0.05, 0) is 67.6 Å². The second-order valence-corrected chi connectivity index (χ2v) is 10.8. The first kappa shape index (κ1) is 27.8. The molecule has 1 saturated carbocycles. The van der Waals surface area contributed by atoms with Gasteiger partial charge in [-0.3, -0.25) is 9.59 Å². The Labute approximate surface area is 238 Å². The molecule has 2 aliphatic rings. The van der Waals surface area contributed by atoms with Crippen molar-refractivity contribution >= 4 is 17.5 Å². The maximum Gasteiger partial charge on any atom is 0.254 e. The number of carbonyl (C=O) groups is 2. The van der Waals surface area contributed by atoms with Crippen LogP contribution >= 0.6 is 0 Å². The number of carbonyl (C=O) groups excluding carboxylic acids is 2. The quantitative estimate of drug-likeness (QED) is 0.305. The molecular weight excluding hydrogens is 498 g/mol. The van der Waals surface area contributed by atoms with Gasteiger partial charge in [-0.15, -0.1) is 0 Å². The molecule has 0 spiro atoms. The molecule has 0 radical (unpaired) electrons. The number of fused-ring (bicyclic) bond motifs is 1. The summed E-state index contributed by atoms with van der Waals surface area (Å²) in [5.41, 5.74) is 3.63. The van der Waals surface area contributed by atoms with Crippen LogP contribution in [0.5, 0.6) is 5.75 Å². The maximum atomic E-state index is 14.1. The molecule has 3 aromatic rings. The third kappa shape index (κ3) is 5.86. The monoisotopic (exact) mass is 539 g/mol.